The van der Waals surface area contributed by atoms with Gasteiger partial charge in [0.1, 0.15) is 54.4 Å². The van der Waals surface area contributed by atoms with Crippen molar-refractivity contribution in [3.63, 3.8) is 0 Å². The van der Waals surface area contributed by atoms with Gasteiger partial charge in [0.25, 0.3) is 0 Å². The summed E-state index contributed by atoms with van der Waals surface area (Å²) in [7, 11) is 0. The van der Waals surface area contributed by atoms with E-state index in [0.29, 0.717) is 37.9 Å². The molecule has 99 heavy (non-hydrogen) atoms. The molecule has 0 aliphatic carbocycles. The number of carbonyl (C=O) groups excluding carboxylic acids is 13. The molecule has 0 radical (unpaired) electrons. The zero-order chi connectivity index (χ0) is 74.0. The number of nitrogens with one attached hydrogen (secondary N) is 13. The van der Waals surface area contributed by atoms with E-state index >= 15 is 0 Å². The van der Waals surface area contributed by atoms with Crippen LogP contribution >= 0.6 is 0 Å². The van der Waals surface area contributed by atoms with Crippen LogP contribution in [0.15, 0.2) is 64.6 Å². The second-order valence-corrected chi connectivity index (χ2v) is 23.3. The van der Waals surface area contributed by atoms with Crippen molar-refractivity contribution >= 4 is 88.7 Å². The third-order valence-electron chi connectivity index (χ3n) is 14.7. The Bertz CT molecular complexity index is 3020. The maximum atomic E-state index is 14.1. The van der Waals surface area contributed by atoms with Gasteiger partial charge in [-0.25, -0.2) is 0 Å². The Morgan fingerprint density at radius 3 is 1.34 bits per heavy atom. The number of nitrogens with two attached hydrogens (primary N) is 7. The molecule has 37 nitrogen and oxygen atoms in total. The van der Waals surface area contributed by atoms with E-state index in [1.54, 1.807) is 30.3 Å². The van der Waals surface area contributed by atoms with Gasteiger partial charge in [-0.05, 0) is 116 Å². The molecule has 0 unspecified atom stereocenters. The summed E-state index contributed by atoms with van der Waals surface area (Å²) in [5.74, 6) is -11.9. The number of hydrogen-bond acceptors (Lipinski definition) is 20. The number of nitrogens with zero attached hydrogens (tertiary/aromatic N) is 2. The van der Waals surface area contributed by atoms with Gasteiger partial charge >= 0.3 is 0 Å². The van der Waals surface area contributed by atoms with Gasteiger partial charge < -0.3 is 119 Å². The van der Waals surface area contributed by atoms with Crippen molar-refractivity contribution in [3.05, 3.63) is 71.3 Å². The first kappa shape index (κ1) is 85.0. The number of unbranched alkanes of at least 4 members (excludes halogenated alkanes) is 2. The van der Waals surface area contributed by atoms with Gasteiger partial charge in [0.15, 0.2) is 11.9 Å². The van der Waals surface area contributed by atoms with Crippen LogP contribution in [0.2, 0.25) is 0 Å². The smallest absolute Gasteiger partial charge is 0.245 e. The SMILES string of the molecule is Cc1ccc(CNCC(=O)NCC(=O)NCC(=O)N[C@@H](Cc2ccccc2)C(=O)N[C@H](C(=O)NCC(=O)N[C@@H](C)C(=O)N[C@@H](CCCN=C(N)N)C(=O)N[C@@H](CCCCN)C(=O)N[C@@H](CO)C(=O)N[C@@H](C)C(=O)N[C@@H](CCCN=C(N)N)C(=O)N[C@@H](CCCCN)C(N)=O)[C@@H](C)O)cc1. The van der Waals surface area contributed by atoms with E-state index in [0.717, 1.165) is 11.1 Å². The summed E-state index contributed by atoms with van der Waals surface area (Å²) < 4.78 is 0. The Balaban J connectivity index is 2.16. The lowest BCUT2D eigenvalue weighted by Crippen LogP contribution is -2.60. The summed E-state index contributed by atoms with van der Waals surface area (Å²) in [6, 6.07) is 3.18. The highest BCUT2D eigenvalue weighted by molar-refractivity contribution is 5.99. The molecule has 0 saturated heterocycles. The zero-order valence-electron chi connectivity index (χ0n) is 56.5. The van der Waals surface area contributed by atoms with E-state index < -0.39 is 164 Å². The monoisotopic (exact) mass is 1390 g/mol. The van der Waals surface area contributed by atoms with Crippen molar-refractivity contribution in [2.24, 2.45) is 50.1 Å². The molecule has 29 N–H and O–H groups in total. The number of aryl methyl sites for hydroxylation is 1. The molecule has 2 aromatic carbocycles. The van der Waals surface area contributed by atoms with Crippen molar-refractivity contribution in [2.45, 2.75) is 165 Å². The van der Waals surface area contributed by atoms with Crippen LogP contribution < -0.4 is 109 Å². The molecule has 0 bridgehead atoms. The van der Waals surface area contributed by atoms with Crippen LogP contribution in [0, 0.1) is 6.92 Å². The molecule has 10 atom stereocenters. The van der Waals surface area contributed by atoms with Gasteiger partial charge in [-0.2, -0.15) is 0 Å². The number of aliphatic imine (C=N–C) groups is 2. The normalized spacial score (nSPS) is 13.9. The molecule has 2 rings (SSSR count). The first-order valence-corrected chi connectivity index (χ1v) is 32.4. The summed E-state index contributed by atoms with van der Waals surface area (Å²) in [6.07, 6.45) is 0.0628. The number of aliphatic hydroxyl groups excluding tert-OH is 2. The third kappa shape index (κ3) is 35.6. The van der Waals surface area contributed by atoms with Gasteiger partial charge in [0, 0.05) is 26.1 Å². The van der Waals surface area contributed by atoms with Crippen LogP contribution in [0.4, 0.5) is 0 Å². The number of benzene rings is 2. The number of guanidine groups is 2. The summed E-state index contributed by atoms with van der Waals surface area (Å²) in [4.78, 5) is 181. The third-order valence-corrected chi connectivity index (χ3v) is 14.7. The molecule has 0 aromatic heterocycles. The van der Waals surface area contributed by atoms with Crippen LogP contribution in [0.5, 0.6) is 0 Å². The molecule has 0 heterocycles. The van der Waals surface area contributed by atoms with E-state index in [1.165, 1.54) is 20.8 Å². The van der Waals surface area contributed by atoms with Crippen molar-refractivity contribution in [3.8, 4) is 0 Å². The summed E-state index contributed by atoms with van der Waals surface area (Å²) >= 11 is 0. The fraction of sp³-hybridized carbons (Fsp3) is 0.565. The van der Waals surface area contributed by atoms with Crippen molar-refractivity contribution in [2.75, 3.05) is 59.0 Å². The number of rotatable bonds is 48. The van der Waals surface area contributed by atoms with Gasteiger partial charge in [-0.3, -0.25) is 72.3 Å². The van der Waals surface area contributed by atoms with Crippen LogP contribution in [-0.2, 0) is 75.3 Å². The maximum Gasteiger partial charge on any atom is 0.245 e. The van der Waals surface area contributed by atoms with Gasteiger partial charge in [0.2, 0.25) is 76.8 Å². The average Bonchev–Trinajstić information content (AvgIpc) is 0.896. The lowest BCUT2D eigenvalue weighted by Gasteiger charge is -2.26. The van der Waals surface area contributed by atoms with Crippen LogP contribution in [0.3, 0.4) is 0 Å². The second kappa shape index (κ2) is 46.9. The molecule has 13 amide bonds. The molecule has 0 fully saturated rings. The first-order valence-electron chi connectivity index (χ1n) is 32.4. The molecular formula is C62H102N22O15. The second-order valence-electron chi connectivity index (χ2n) is 23.3. The standard InChI is InChI=1S/C62H102N22O15/c1-35-20-22-40(23-21-35)29-70-30-47(87)73-31-48(88)74-32-50(90)78-45(28-39-14-6-5-7-15-39)58(97)84-51(38(4)86)60(99)75-33-49(89)76-36(2)53(92)80-44(19-13-27-72-62(68)69)56(95)82-42(17-9-11-25-64)57(96)83-46(34-85)59(98)77-37(3)54(93)81-43(18-12-26-71-61(66)67)55(94)79-41(52(65)91)16-8-10-24-63/h5-7,14-15,20-23,36-38,41-46,51,70,85-86H,8-13,16-19,24-34,63-64H2,1-4H3,(H2,65,91)(H,73,87)(H,74,88)(H,75,99)(H,76,89)(H,77,98)(H,78,90)(H,79,94)(H,80,92)(H,81,93)(H,82,95)(H,83,96)(H,84,97)(H4,66,67,71)(H4,68,69,72)/t36-,37-,38+,41-,42-,43-,44-,45-,46-,51-/m0/s1. The summed E-state index contributed by atoms with van der Waals surface area (Å²) in [5, 5.41) is 53.2. The van der Waals surface area contributed by atoms with E-state index in [4.69, 9.17) is 40.1 Å². The molecule has 0 spiro atoms. The van der Waals surface area contributed by atoms with Crippen LogP contribution in [0.25, 0.3) is 0 Å². The summed E-state index contributed by atoms with van der Waals surface area (Å²) in [6.45, 7) is 3.60. The quantitative estimate of drug-likeness (QED) is 0.0166. The summed E-state index contributed by atoms with van der Waals surface area (Å²) in [5.41, 5.74) is 41.2. The first-order chi connectivity index (χ1) is 47.0. The molecule has 0 saturated carbocycles. The van der Waals surface area contributed by atoms with E-state index in [1.807, 2.05) is 31.2 Å². The Labute approximate surface area is 574 Å². The zero-order valence-corrected chi connectivity index (χ0v) is 56.5. The number of amides is 13. The number of hydrogen-bond donors (Lipinski definition) is 22. The number of aliphatic hydroxyl groups is 2. The predicted molar refractivity (Wildman–Crippen MR) is 364 cm³/mol. The molecule has 550 valence electrons. The minimum atomic E-state index is -1.73. The maximum absolute atomic E-state index is 14.1. The molecular weight excluding hydrogens is 1290 g/mol. The van der Waals surface area contributed by atoms with Crippen LogP contribution in [-0.4, -0.2) is 218 Å². The highest BCUT2D eigenvalue weighted by Gasteiger charge is 2.34. The molecule has 2 aromatic rings. The molecule has 0 aliphatic heterocycles. The lowest BCUT2D eigenvalue weighted by molar-refractivity contribution is -0.136. The fourth-order valence-electron chi connectivity index (χ4n) is 9.18. The van der Waals surface area contributed by atoms with Gasteiger partial charge in [-0.1, -0.05) is 60.2 Å². The highest BCUT2D eigenvalue weighted by Crippen LogP contribution is 2.10. The van der Waals surface area contributed by atoms with E-state index in [2.05, 4.69) is 79.1 Å². The Hall–Kier alpha value is -10.1. The lowest BCUT2D eigenvalue weighted by atomic mass is 10.0. The number of carbonyl (C=O) groups is 13. The van der Waals surface area contributed by atoms with Gasteiger partial charge in [-0.15, -0.1) is 0 Å². The largest absolute Gasteiger partial charge is 0.394 e. The van der Waals surface area contributed by atoms with E-state index in [9.17, 15) is 72.5 Å². The fourth-order valence-corrected chi connectivity index (χ4v) is 9.18. The predicted octanol–water partition coefficient (Wildman–Crippen LogP) is -8.70. The van der Waals surface area contributed by atoms with Crippen molar-refractivity contribution in [1.82, 2.24) is 69.1 Å². The number of primary amides is 1. The molecule has 0 aliphatic rings. The Morgan fingerprint density at radius 2 is 0.848 bits per heavy atom. The highest BCUT2D eigenvalue weighted by atomic mass is 16.3. The Kier molecular flexibility index (Phi) is 40.3. The van der Waals surface area contributed by atoms with Crippen LogP contribution in [0.1, 0.15) is 102 Å². The average molecular weight is 1400 g/mol. The minimum Gasteiger partial charge on any atom is -0.394 e. The molecule has 37 heteroatoms. The topological polar surface area (TPSA) is 626 Å². The minimum absolute atomic E-state index is 0.0229. The van der Waals surface area contributed by atoms with E-state index in [-0.39, 0.29) is 89.5 Å². The van der Waals surface area contributed by atoms with Gasteiger partial charge in [0.05, 0.1) is 38.9 Å². The Morgan fingerprint density at radius 1 is 0.424 bits per heavy atom. The van der Waals surface area contributed by atoms with Crippen molar-refractivity contribution in [1.29, 1.82) is 0 Å². The van der Waals surface area contributed by atoms with Crippen molar-refractivity contribution < 1.29 is 72.5 Å².